The summed E-state index contributed by atoms with van der Waals surface area (Å²) in [4.78, 5) is 32.2. The van der Waals surface area contributed by atoms with Gasteiger partial charge in [-0.05, 0) is 44.0 Å². The predicted octanol–water partition coefficient (Wildman–Crippen LogP) is 3.96. The molecule has 0 aliphatic heterocycles. The number of alkyl halides is 3. The van der Waals surface area contributed by atoms with Crippen LogP contribution in [-0.4, -0.2) is 68.4 Å². The number of aromatic nitrogens is 5. The molecule has 0 atom stereocenters. The molecule has 0 radical (unpaired) electrons. The number of anilines is 2. The Labute approximate surface area is 251 Å². The maximum Gasteiger partial charge on any atom is 0.435 e. The van der Waals surface area contributed by atoms with Crippen molar-refractivity contribution in [2.24, 2.45) is 5.73 Å². The SMILES string of the molecule is CCc1cc(Nc2nccn3c(-c4cn(CCC(C)(C)OC=O)nc4C(F)(F)F)cnc23)ccc1C(=O)NCCOCCN. The molecular weight excluding hydrogens is 581 g/mol. The number of carbonyl (C=O) groups excluding carboxylic acids is 2. The molecule has 0 aliphatic rings. The number of hydrogen-bond acceptors (Lipinski definition) is 9. The Morgan fingerprint density at radius 1 is 1.18 bits per heavy atom. The van der Waals surface area contributed by atoms with Crippen molar-refractivity contribution >= 4 is 29.5 Å². The van der Waals surface area contributed by atoms with Crippen LogP contribution in [0.25, 0.3) is 16.9 Å². The van der Waals surface area contributed by atoms with E-state index in [0.29, 0.717) is 61.9 Å². The number of rotatable bonds is 15. The van der Waals surface area contributed by atoms with Gasteiger partial charge in [-0.1, -0.05) is 6.92 Å². The number of aryl methyl sites for hydroxylation is 2. The Morgan fingerprint density at radius 3 is 2.68 bits per heavy atom. The lowest BCUT2D eigenvalue weighted by atomic mass is 10.0. The Balaban J connectivity index is 1.59. The maximum absolute atomic E-state index is 14.1. The van der Waals surface area contributed by atoms with Gasteiger partial charge in [0, 0.05) is 55.9 Å². The van der Waals surface area contributed by atoms with Crippen molar-refractivity contribution in [3.05, 3.63) is 59.8 Å². The number of nitrogens with one attached hydrogen (secondary N) is 2. The molecule has 1 amide bonds. The highest BCUT2D eigenvalue weighted by molar-refractivity contribution is 5.96. The zero-order chi connectivity index (χ0) is 31.9. The fourth-order valence-corrected chi connectivity index (χ4v) is 4.55. The van der Waals surface area contributed by atoms with Crippen molar-refractivity contribution < 1.29 is 32.2 Å². The number of nitrogens with zero attached hydrogens (tertiary/aromatic N) is 5. The molecule has 0 saturated heterocycles. The standard InChI is InChI=1S/C29H35F3N8O4/c1-4-19-15-20(5-6-21(19)27(42)35-10-14-43-13-8-33)37-25-26-36-16-23(40(26)12-9-34-25)22-17-39(38-24(22)29(30,31)32)11-7-28(2,3)44-18-41/h5-6,9,12,15-18H,4,7-8,10-11,13-14,33H2,1-3H3,(H,34,37)(H,35,42). The second-order valence-electron chi connectivity index (χ2n) is 10.5. The molecule has 44 heavy (non-hydrogen) atoms. The van der Waals surface area contributed by atoms with Gasteiger partial charge in [-0.3, -0.25) is 18.7 Å². The van der Waals surface area contributed by atoms with E-state index in [9.17, 15) is 22.8 Å². The highest BCUT2D eigenvalue weighted by Gasteiger charge is 2.38. The molecule has 3 aromatic heterocycles. The van der Waals surface area contributed by atoms with Crippen LogP contribution in [0.3, 0.4) is 0 Å². The van der Waals surface area contributed by atoms with E-state index < -0.39 is 17.5 Å². The van der Waals surface area contributed by atoms with Crippen LogP contribution in [0.15, 0.2) is 43.0 Å². The summed E-state index contributed by atoms with van der Waals surface area (Å²) in [5.74, 6) is 0.0764. The van der Waals surface area contributed by atoms with Gasteiger partial charge in [0.2, 0.25) is 0 Å². The highest BCUT2D eigenvalue weighted by atomic mass is 19.4. The molecule has 236 valence electrons. The molecule has 0 fully saturated rings. The third-order valence-electron chi connectivity index (χ3n) is 6.83. The minimum absolute atomic E-state index is 0.0882. The number of hydrogen-bond donors (Lipinski definition) is 3. The van der Waals surface area contributed by atoms with Gasteiger partial charge in [0.25, 0.3) is 12.4 Å². The average molecular weight is 617 g/mol. The first-order valence-electron chi connectivity index (χ1n) is 14.0. The van der Waals surface area contributed by atoms with Gasteiger partial charge in [0.15, 0.2) is 17.2 Å². The van der Waals surface area contributed by atoms with Crippen molar-refractivity contribution in [3.63, 3.8) is 0 Å². The third kappa shape index (κ3) is 7.71. The molecule has 0 unspecified atom stereocenters. The van der Waals surface area contributed by atoms with Crippen molar-refractivity contribution in [3.8, 4) is 11.3 Å². The molecule has 15 heteroatoms. The van der Waals surface area contributed by atoms with Crippen LogP contribution in [0.1, 0.15) is 48.8 Å². The number of amides is 1. The van der Waals surface area contributed by atoms with E-state index in [1.54, 1.807) is 26.0 Å². The van der Waals surface area contributed by atoms with Crippen LogP contribution in [0.5, 0.6) is 0 Å². The van der Waals surface area contributed by atoms with Gasteiger partial charge in [0.1, 0.15) is 5.60 Å². The molecule has 1 aromatic carbocycles. The summed E-state index contributed by atoms with van der Waals surface area (Å²) in [6.45, 7) is 7.17. The van der Waals surface area contributed by atoms with E-state index in [1.165, 1.54) is 33.9 Å². The van der Waals surface area contributed by atoms with Crippen molar-refractivity contribution in [2.45, 2.75) is 51.9 Å². The van der Waals surface area contributed by atoms with Crippen LogP contribution in [-0.2, 0) is 33.4 Å². The van der Waals surface area contributed by atoms with Crippen LogP contribution < -0.4 is 16.4 Å². The summed E-state index contributed by atoms with van der Waals surface area (Å²) in [5.41, 5.74) is 5.69. The summed E-state index contributed by atoms with van der Waals surface area (Å²) in [6, 6.07) is 5.23. The molecule has 4 rings (SSSR count). The number of fused-ring (bicyclic) bond motifs is 1. The minimum atomic E-state index is -4.73. The molecule has 0 spiro atoms. The lowest BCUT2D eigenvalue weighted by Crippen LogP contribution is -2.28. The Morgan fingerprint density at radius 2 is 1.98 bits per heavy atom. The number of carbonyl (C=O) groups is 2. The van der Waals surface area contributed by atoms with Gasteiger partial charge in [0.05, 0.1) is 30.7 Å². The van der Waals surface area contributed by atoms with E-state index in [1.807, 2.05) is 13.0 Å². The van der Waals surface area contributed by atoms with Gasteiger partial charge < -0.3 is 25.8 Å². The molecule has 4 N–H and O–H groups in total. The minimum Gasteiger partial charge on any atom is -0.462 e. The first kappa shape index (κ1) is 32.4. The fraction of sp³-hybridized carbons (Fsp3) is 0.414. The summed E-state index contributed by atoms with van der Waals surface area (Å²) >= 11 is 0. The molecule has 12 nitrogen and oxygen atoms in total. The Bertz CT molecular complexity index is 1600. The number of imidazole rings is 1. The smallest absolute Gasteiger partial charge is 0.435 e. The topological polar surface area (TPSA) is 151 Å². The zero-order valence-corrected chi connectivity index (χ0v) is 24.6. The number of benzene rings is 1. The van der Waals surface area contributed by atoms with Crippen LogP contribution >= 0.6 is 0 Å². The summed E-state index contributed by atoms with van der Waals surface area (Å²) in [5, 5.41) is 9.80. The number of halogens is 3. The van der Waals surface area contributed by atoms with Gasteiger partial charge in [-0.15, -0.1) is 0 Å². The van der Waals surface area contributed by atoms with Crippen LogP contribution in [0.2, 0.25) is 0 Å². The van der Waals surface area contributed by atoms with E-state index in [2.05, 4.69) is 25.7 Å². The lowest BCUT2D eigenvalue weighted by molar-refractivity contribution is -0.141. The number of nitrogens with two attached hydrogens (primary N) is 1. The normalized spacial score (nSPS) is 12.0. The fourth-order valence-electron chi connectivity index (χ4n) is 4.55. The first-order chi connectivity index (χ1) is 21.0. The summed E-state index contributed by atoms with van der Waals surface area (Å²) < 4.78 is 55.1. The van der Waals surface area contributed by atoms with Gasteiger partial charge in [-0.2, -0.15) is 18.3 Å². The summed E-state index contributed by atoms with van der Waals surface area (Å²) in [6.07, 6.45) is 1.71. The summed E-state index contributed by atoms with van der Waals surface area (Å²) in [7, 11) is 0. The van der Waals surface area contributed by atoms with Crippen molar-refractivity contribution in [2.75, 3.05) is 31.6 Å². The van der Waals surface area contributed by atoms with Crippen LogP contribution in [0, 0.1) is 0 Å². The van der Waals surface area contributed by atoms with Gasteiger partial charge in [-0.25, -0.2) is 9.97 Å². The number of ether oxygens (including phenoxy) is 2. The second kappa shape index (κ2) is 13.9. The van der Waals surface area contributed by atoms with E-state index in [4.69, 9.17) is 15.2 Å². The first-order valence-corrected chi connectivity index (χ1v) is 14.0. The van der Waals surface area contributed by atoms with Crippen LogP contribution in [0.4, 0.5) is 24.7 Å². The average Bonchev–Trinajstić information content (AvgIpc) is 3.61. The molecule has 0 bridgehead atoms. The maximum atomic E-state index is 14.1. The van der Waals surface area contributed by atoms with Crippen molar-refractivity contribution in [1.29, 1.82) is 0 Å². The largest absolute Gasteiger partial charge is 0.462 e. The Hall–Kier alpha value is -4.50. The molecule has 3 heterocycles. The lowest BCUT2D eigenvalue weighted by Gasteiger charge is -2.22. The van der Waals surface area contributed by atoms with E-state index in [0.717, 1.165) is 5.56 Å². The van der Waals surface area contributed by atoms with E-state index in [-0.39, 0.29) is 30.1 Å². The highest BCUT2D eigenvalue weighted by Crippen LogP contribution is 2.37. The van der Waals surface area contributed by atoms with Crippen molar-refractivity contribution in [1.82, 2.24) is 29.5 Å². The Kier molecular flexibility index (Phi) is 10.2. The molecule has 0 aliphatic carbocycles. The monoisotopic (exact) mass is 616 g/mol. The second-order valence-corrected chi connectivity index (χ2v) is 10.5. The molecule has 4 aromatic rings. The zero-order valence-electron chi connectivity index (χ0n) is 24.6. The van der Waals surface area contributed by atoms with E-state index >= 15 is 0 Å². The van der Waals surface area contributed by atoms with Gasteiger partial charge >= 0.3 is 6.18 Å². The predicted molar refractivity (Wildman–Crippen MR) is 156 cm³/mol. The molecular formula is C29H35F3N8O4. The third-order valence-corrected chi connectivity index (χ3v) is 6.83. The quantitative estimate of drug-likeness (QED) is 0.133. The molecule has 0 saturated carbocycles.